The minimum atomic E-state index is -0.829. The highest BCUT2D eigenvalue weighted by Crippen LogP contribution is 2.23. The Morgan fingerprint density at radius 2 is 1.91 bits per heavy atom. The second-order valence-electron chi connectivity index (χ2n) is 5.07. The third kappa shape index (κ3) is 3.05. The van der Waals surface area contributed by atoms with E-state index in [4.69, 9.17) is 4.84 Å². The summed E-state index contributed by atoms with van der Waals surface area (Å²) in [6, 6.07) is 6.03. The zero-order valence-corrected chi connectivity index (χ0v) is 12.5. The number of ketones is 1. The number of nitrogens with zero attached hydrogens (tertiary/aromatic N) is 1. The zero-order valence-electron chi connectivity index (χ0n) is 12.5. The smallest absolute Gasteiger partial charge is 0.325 e. The molecule has 2 amide bonds. The van der Waals surface area contributed by atoms with Gasteiger partial charge in [-0.3, -0.25) is 14.4 Å². The van der Waals surface area contributed by atoms with Gasteiger partial charge in [-0.1, -0.05) is 26.0 Å². The number of amides is 2. The molecule has 2 rings (SSSR count). The van der Waals surface area contributed by atoms with Gasteiger partial charge in [-0.15, -0.1) is 5.06 Å². The fourth-order valence-corrected chi connectivity index (χ4v) is 2.24. The van der Waals surface area contributed by atoms with Crippen molar-refractivity contribution < 1.29 is 24.0 Å². The molecular weight excluding hydrogens is 286 g/mol. The zero-order chi connectivity index (χ0) is 16.3. The molecule has 1 fully saturated rings. The van der Waals surface area contributed by atoms with Gasteiger partial charge in [-0.05, 0) is 18.6 Å². The summed E-state index contributed by atoms with van der Waals surface area (Å²) in [5.74, 6) is -2.39. The molecule has 0 spiro atoms. The first-order valence-electron chi connectivity index (χ1n) is 7.20. The monoisotopic (exact) mass is 303 g/mol. The van der Waals surface area contributed by atoms with Gasteiger partial charge in [0.15, 0.2) is 5.78 Å². The Hall–Kier alpha value is -2.50. The van der Waals surface area contributed by atoms with Crippen LogP contribution >= 0.6 is 0 Å². The van der Waals surface area contributed by atoms with Gasteiger partial charge in [0, 0.05) is 18.4 Å². The van der Waals surface area contributed by atoms with Gasteiger partial charge in [0.1, 0.15) is 0 Å². The summed E-state index contributed by atoms with van der Waals surface area (Å²) in [4.78, 5) is 52.2. The Kier molecular flexibility index (Phi) is 4.70. The summed E-state index contributed by atoms with van der Waals surface area (Å²) in [5, 5.41) is 0.533. The van der Waals surface area contributed by atoms with Crippen LogP contribution in [0.5, 0.6) is 0 Å². The van der Waals surface area contributed by atoms with Gasteiger partial charge in [-0.25, -0.2) is 4.79 Å². The molecule has 6 nitrogen and oxygen atoms in total. The van der Waals surface area contributed by atoms with Gasteiger partial charge in [0.2, 0.25) is 0 Å². The molecule has 1 aliphatic rings. The number of hydrogen-bond acceptors (Lipinski definition) is 5. The first kappa shape index (κ1) is 15.9. The summed E-state index contributed by atoms with van der Waals surface area (Å²) in [6.07, 6.45) is 0.885. The number of imide groups is 1. The van der Waals surface area contributed by atoms with E-state index in [1.54, 1.807) is 26.0 Å². The van der Waals surface area contributed by atoms with Crippen molar-refractivity contribution in [2.75, 3.05) is 0 Å². The topological polar surface area (TPSA) is 80.8 Å². The molecule has 22 heavy (non-hydrogen) atoms. The van der Waals surface area contributed by atoms with Gasteiger partial charge in [0.05, 0.1) is 11.5 Å². The molecule has 0 aromatic heterocycles. The van der Waals surface area contributed by atoms with Crippen LogP contribution in [0, 0.1) is 5.92 Å². The second kappa shape index (κ2) is 6.51. The van der Waals surface area contributed by atoms with Crippen molar-refractivity contribution in [1.29, 1.82) is 0 Å². The molecular formula is C16H17NO5. The van der Waals surface area contributed by atoms with Gasteiger partial charge >= 0.3 is 5.97 Å². The van der Waals surface area contributed by atoms with Gasteiger partial charge in [-0.2, -0.15) is 0 Å². The van der Waals surface area contributed by atoms with Crippen LogP contribution < -0.4 is 0 Å². The van der Waals surface area contributed by atoms with Crippen LogP contribution in [0.2, 0.25) is 0 Å². The third-order valence-corrected chi connectivity index (χ3v) is 3.61. The first-order chi connectivity index (χ1) is 10.5. The molecule has 1 unspecified atom stereocenters. The largest absolute Gasteiger partial charge is 0.363 e. The van der Waals surface area contributed by atoms with Crippen molar-refractivity contribution in [3.05, 3.63) is 35.4 Å². The molecule has 0 radical (unpaired) electrons. The molecule has 0 saturated carbocycles. The number of Topliss-reactive ketones (excluding diaryl/α,β-unsaturated/α-hetero) is 1. The summed E-state index contributed by atoms with van der Waals surface area (Å²) in [5.41, 5.74) is 0.516. The molecule has 1 atom stereocenters. The molecule has 1 aromatic carbocycles. The second-order valence-corrected chi connectivity index (χ2v) is 5.07. The maximum absolute atomic E-state index is 12.1. The molecule has 0 bridgehead atoms. The van der Waals surface area contributed by atoms with E-state index in [-0.39, 0.29) is 17.8 Å². The van der Waals surface area contributed by atoms with Gasteiger partial charge in [0.25, 0.3) is 11.8 Å². The molecule has 116 valence electrons. The van der Waals surface area contributed by atoms with Crippen molar-refractivity contribution in [1.82, 2.24) is 5.06 Å². The van der Waals surface area contributed by atoms with Crippen molar-refractivity contribution in [2.45, 2.75) is 33.1 Å². The molecule has 1 aromatic rings. The van der Waals surface area contributed by atoms with Crippen molar-refractivity contribution in [3.63, 3.8) is 0 Å². The lowest BCUT2D eigenvalue weighted by Crippen LogP contribution is -2.33. The molecule has 1 aliphatic heterocycles. The standard InChI is InChI=1S/C16H17NO5/c1-3-10-9-14(19)17(15(10)20)22-16(21)12-7-5-6-11(8-12)13(18)4-2/h5-8,10H,3-4,9H2,1-2H3. The Bertz CT molecular complexity index is 637. The fraction of sp³-hybridized carbons (Fsp3) is 0.375. The highest BCUT2D eigenvalue weighted by Gasteiger charge is 2.40. The molecule has 0 aliphatic carbocycles. The maximum Gasteiger partial charge on any atom is 0.363 e. The normalized spacial score (nSPS) is 17.7. The average molecular weight is 303 g/mol. The average Bonchev–Trinajstić information content (AvgIpc) is 2.81. The molecule has 1 heterocycles. The highest BCUT2D eigenvalue weighted by atomic mass is 16.7. The van der Waals surface area contributed by atoms with Crippen LogP contribution in [0.25, 0.3) is 0 Å². The lowest BCUT2D eigenvalue weighted by atomic mass is 10.1. The van der Waals surface area contributed by atoms with E-state index in [0.29, 0.717) is 23.5 Å². The predicted octanol–water partition coefficient (Wildman–Crippen LogP) is 2.14. The Morgan fingerprint density at radius 3 is 2.50 bits per heavy atom. The number of rotatable bonds is 5. The van der Waals surface area contributed by atoms with Crippen LogP contribution in [-0.4, -0.2) is 28.6 Å². The summed E-state index contributed by atoms with van der Waals surface area (Å²) in [7, 11) is 0. The van der Waals surface area contributed by atoms with Crippen LogP contribution in [-0.2, 0) is 14.4 Å². The van der Waals surface area contributed by atoms with Crippen LogP contribution in [0.3, 0.4) is 0 Å². The molecule has 0 N–H and O–H groups in total. The van der Waals surface area contributed by atoms with Crippen LogP contribution in [0.15, 0.2) is 24.3 Å². The minimum absolute atomic E-state index is 0.0526. The molecule has 1 saturated heterocycles. The number of benzene rings is 1. The van der Waals surface area contributed by atoms with E-state index in [9.17, 15) is 19.2 Å². The SMILES string of the molecule is CCC(=O)c1cccc(C(=O)ON2C(=O)CC(CC)C2=O)c1. The molecule has 6 heteroatoms. The van der Waals surface area contributed by atoms with Gasteiger partial charge < -0.3 is 4.84 Å². The quantitative estimate of drug-likeness (QED) is 0.615. The highest BCUT2D eigenvalue weighted by molar-refractivity contribution is 6.04. The number of carbonyl (C=O) groups is 4. The summed E-state index contributed by atoms with van der Waals surface area (Å²) >= 11 is 0. The predicted molar refractivity (Wildman–Crippen MR) is 76.7 cm³/mol. The van der Waals surface area contributed by atoms with Crippen LogP contribution in [0.1, 0.15) is 53.8 Å². The Morgan fingerprint density at radius 1 is 1.23 bits per heavy atom. The fourth-order valence-electron chi connectivity index (χ4n) is 2.24. The van der Waals surface area contributed by atoms with E-state index in [1.807, 2.05) is 0 Å². The lowest BCUT2D eigenvalue weighted by molar-refractivity contribution is -0.173. The van der Waals surface area contributed by atoms with E-state index >= 15 is 0 Å². The number of hydrogen-bond donors (Lipinski definition) is 0. The van der Waals surface area contributed by atoms with Crippen molar-refractivity contribution in [2.24, 2.45) is 5.92 Å². The maximum atomic E-state index is 12.1. The van der Waals surface area contributed by atoms with E-state index in [1.165, 1.54) is 12.1 Å². The van der Waals surface area contributed by atoms with E-state index in [0.717, 1.165) is 0 Å². The first-order valence-corrected chi connectivity index (χ1v) is 7.20. The van der Waals surface area contributed by atoms with Crippen LogP contribution in [0.4, 0.5) is 0 Å². The number of carbonyl (C=O) groups excluding carboxylic acids is 4. The minimum Gasteiger partial charge on any atom is -0.325 e. The number of hydroxylamine groups is 2. The van der Waals surface area contributed by atoms with Crippen molar-refractivity contribution >= 4 is 23.6 Å². The van der Waals surface area contributed by atoms with Crippen molar-refractivity contribution in [3.8, 4) is 0 Å². The summed E-state index contributed by atoms with van der Waals surface area (Å²) < 4.78 is 0. The lowest BCUT2D eigenvalue weighted by Gasteiger charge is -2.13. The Balaban J connectivity index is 2.14. The van der Waals surface area contributed by atoms with E-state index < -0.39 is 23.7 Å². The third-order valence-electron chi connectivity index (χ3n) is 3.61. The summed E-state index contributed by atoms with van der Waals surface area (Å²) in [6.45, 7) is 3.51. The van der Waals surface area contributed by atoms with E-state index in [2.05, 4.69) is 0 Å². The Labute approximate surface area is 128 Å².